The Morgan fingerprint density at radius 1 is 1.45 bits per heavy atom. The van der Waals surface area contributed by atoms with Crippen molar-refractivity contribution in [2.45, 2.75) is 27.2 Å². The van der Waals surface area contributed by atoms with Crippen LogP contribution >= 0.6 is 0 Å². The summed E-state index contributed by atoms with van der Waals surface area (Å²) in [5, 5.41) is 0. The quantitative estimate of drug-likeness (QED) is 0.607. The van der Waals surface area contributed by atoms with Crippen LogP contribution in [0.3, 0.4) is 0 Å². The third kappa shape index (κ3) is 3.12. The summed E-state index contributed by atoms with van der Waals surface area (Å²) in [6, 6.07) is 3.01. The average molecular weight is 155 g/mol. The van der Waals surface area contributed by atoms with Gasteiger partial charge in [0.2, 0.25) is 0 Å². The Morgan fingerprint density at radius 2 is 2.09 bits per heavy atom. The molecule has 0 saturated heterocycles. The van der Waals surface area contributed by atoms with Crippen LogP contribution in [0.1, 0.15) is 26.5 Å². The van der Waals surface area contributed by atoms with Gasteiger partial charge in [-0.05, 0) is 18.6 Å². The zero-order valence-electron chi connectivity index (χ0n) is 7.26. The predicted molar refractivity (Wildman–Crippen MR) is 44.9 cm³/mol. The number of hydrogen-bond acceptors (Lipinski definition) is 1. The molecule has 0 aromatic carbocycles. The second kappa shape index (κ2) is 5.83. The van der Waals surface area contributed by atoms with Gasteiger partial charge in [0.25, 0.3) is 0 Å². The van der Waals surface area contributed by atoms with Gasteiger partial charge in [-0.15, -0.1) is 0 Å². The van der Waals surface area contributed by atoms with E-state index in [1.807, 2.05) is 20.8 Å². The first kappa shape index (κ1) is 10.1. The molecule has 62 valence electrons. The number of hydrogen-bond donors (Lipinski definition) is 0. The summed E-state index contributed by atoms with van der Waals surface area (Å²) in [4.78, 5) is 3.82. The van der Waals surface area contributed by atoms with Gasteiger partial charge >= 0.3 is 0 Å². The Labute approximate surface area is 67.3 Å². The summed E-state index contributed by atoms with van der Waals surface area (Å²) in [6.07, 6.45) is 2.26. The molecular formula is C9H14FN. The summed E-state index contributed by atoms with van der Waals surface area (Å²) in [6.45, 7) is 5.88. The molecular weight excluding hydrogens is 141 g/mol. The van der Waals surface area contributed by atoms with Crippen molar-refractivity contribution in [2.24, 2.45) is 0 Å². The lowest BCUT2D eigenvalue weighted by atomic mass is 10.3. The van der Waals surface area contributed by atoms with E-state index in [1.165, 1.54) is 6.07 Å². The highest BCUT2D eigenvalue weighted by atomic mass is 19.1. The molecule has 0 aliphatic rings. The maximum Gasteiger partial charge on any atom is 0.144 e. The Balaban J connectivity index is 0.000000461. The van der Waals surface area contributed by atoms with Crippen LogP contribution in [-0.2, 0) is 6.42 Å². The van der Waals surface area contributed by atoms with Crippen molar-refractivity contribution in [1.82, 2.24) is 4.98 Å². The van der Waals surface area contributed by atoms with Crippen LogP contribution in [0.2, 0.25) is 0 Å². The smallest absolute Gasteiger partial charge is 0.144 e. The molecule has 11 heavy (non-hydrogen) atoms. The summed E-state index contributed by atoms with van der Waals surface area (Å²) >= 11 is 0. The highest BCUT2D eigenvalue weighted by molar-refractivity contribution is 5.06. The molecule has 0 aliphatic carbocycles. The molecule has 1 aromatic rings. The minimum absolute atomic E-state index is 0.208. The molecule has 1 rings (SSSR count). The molecule has 0 unspecified atom stereocenters. The maximum absolute atomic E-state index is 12.5. The molecule has 0 amide bonds. The molecule has 0 fully saturated rings. The van der Waals surface area contributed by atoms with E-state index in [-0.39, 0.29) is 5.82 Å². The topological polar surface area (TPSA) is 12.9 Å². The maximum atomic E-state index is 12.5. The van der Waals surface area contributed by atoms with Crippen LogP contribution in [-0.4, -0.2) is 4.98 Å². The van der Waals surface area contributed by atoms with Gasteiger partial charge in [-0.2, -0.15) is 0 Å². The molecule has 0 saturated carbocycles. The van der Waals surface area contributed by atoms with E-state index in [2.05, 4.69) is 4.98 Å². The van der Waals surface area contributed by atoms with Crippen LogP contribution in [0, 0.1) is 5.82 Å². The fourth-order valence-corrected chi connectivity index (χ4v) is 0.679. The average Bonchev–Trinajstić information content (AvgIpc) is 2.09. The Kier molecular flexibility index (Phi) is 5.35. The number of rotatable bonds is 1. The third-order valence-electron chi connectivity index (χ3n) is 1.17. The lowest BCUT2D eigenvalue weighted by Gasteiger charge is -1.93. The predicted octanol–water partition coefficient (Wildman–Crippen LogP) is 2.81. The minimum atomic E-state index is -0.208. The third-order valence-corrected chi connectivity index (χ3v) is 1.17. The van der Waals surface area contributed by atoms with Gasteiger partial charge in [-0.25, -0.2) is 4.39 Å². The van der Waals surface area contributed by atoms with Crippen molar-refractivity contribution in [1.29, 1.82) is 0 Å². The highest BCUT2D eigenvalue weighted by Crippen LogP contribution is 2.01. The molecule has 0 radical (unpaired) electrons. The van der Waals surface area contributed by atoms with Crippen LogP contribution in [0.5, 0.6) is 0 Å². The van der Waals surface area contributed by atoms with Crippen LogP contribution < -0.4 is 0 Å². The van der Waals surface area contributed by atoms with Crippen molar-refractivity contribution >= 4 is 0 Å². The van der Waals surface area contributed by atoms with Gasteiger partial charge in [0.05, 0.1) is 5.69 Å². The monoisotopic (exact) mass is 155 g/mol. The first-order valence-electron chi connectivity index (χ1n) is 3.94. The van der Waals surface area contributed by atoms with Crippen molar-refractivity contribution in [3.63, 3.8) is 0 Å². The van der Waals surface area contributed by atoms with Crippen LogP contribution in [0.4, 0.5) is 4.39 Å². The van der Waals surface area contributed by atoms with E-state index < -0.39 is 0 Å². The van der Waals surface area contributed by atoms with E-state index in [4.69, 9.17) is 0 Å². The van der Waals surface area contributed by atoms with Crippen molar-refractivity contribution in [2.75, 3.05) is 0 Å². The molecule has 1 nitrogen and oxygen atoms in total. The Morgan fingerprint density at radius 3 is 2.45 bits per heavy atom. The summed E-state index contributed by atoms with van der Waals surface area (Å²) in [5.41, 5.74) is 0.539. The molecule has 0 atom stereocenters. The molecule has 1 heterocycles. The fourth-order valence-electron chi connectivity index (χ4n) is 0.679. The molecule has 1 aromatic heterocycles. The first-order chi connectivity index (χ1) is 5.34. The van der Waals surface area contributed by atoms with E-state index in [0.717, 1.165) is 0 Å². The van der Waals surface area contributed by atoms with Crippen molar-refractivity contribution < 1.29 is 4.39 Å². The van der Waals surface area contributed by atoms with E-state index >= 15 is 0 Å². The number of pyridine rings is 1. The van der Waals surface area contributed by atoms with Gasteiger partial charge in [0, 0.05) is 6.20 Å². The summed E-state index contributed by atoms with van der Waals surface area (Å²) < 4.78 is 12.5. The normalized spacial score (nSPS) is 8.36. The minimum Gasteiger partial charge on any atom is -0.258 e. The summed E-state index contributed by atoms with van der Waals surface area (Å²) in [7, 11) is 0. The molecule has 0 spiro atoms. The van der Waals surface area contributed by atoms with Gasteiger partial charge in [0.1, 0.15) is 5.82 Å². The second-order valence-corrected chi connectivity index (χ2v) is 1.79. The first-order valence-corrected chi connectivity index (χ1v) is 3.94. The molecule has 0 bridgehead atoms. The zero-order chi connectivity index (χ0) is 8.69. The number of nitrogens with zero attached hydrogens (tertiary/aromatic N) is 1. The fraction of sp³-hybridized carbons (Fsp3) is 0.444. The SMILES string of the molecule is CC.CCc1ncccc1F. The Bertz CT molecular complexity index is 199. The number of aromatic nitrogens is 1. The molecule has 0 aliphatic heterocycles. The molecule has 0 N–H and O–H groups in total. The van der Waals surface area contributed by atoms with Crippen LogP contribution in [0.25, 0.3) is 0 Å². The van der Waals surface area contributed by atoms with Crippen LogP contribution in [0.15, 0.2) is 18.3 Å². The van der Waals surface area contributed by atoms with E-state index in [9.17, 15) is 4.39 Å². The van der Waals surface area contributed by atoms with Gasteiger partial charge in [0.15, 0.2) is 0 Å². The lowest BCUT2D eigenvalue weighted by Crippen LogP contribution is -1.89. The lowest BCUT2D eigenvalue weighted by molar-refractivity contribution is 0.602. The Hall–Kier alpha value is -0.920. The van der Waals surface area contributed by atoms with E-state index in [0.29, 0.717) is 12.1 Å². The van der Waals surface area contributed by atoms with Gasteiger partial charge in [-0.3, -0.25) is 4.98 Å². The van der Waals surface area contributed by atoms with Crippen molar-refractivity contribution in [3.8, 4) is 0 Å². The standard InChI is InChI=1S/C7H8FN.C2H6/c1-2-7-6(8)4-3-5-9-7;1-2/h3-5H,2H2,1H3;1-2H3. The van der Waals surface area contributed by atoms with Crippen molar-refractivity contribution in [3.05, 3.63) is 29.8 Å². The second-order valence-electron chi connectivity index (χ2n) is 1.79. The highest BCUT2D eigenvalue weighted by Gasteiger charge is 1.95. The van der Waals surface area contributed by atoms with E-state index in [1.54, 1.807) is 12.3 Å². The van der Waals surface area contributed by atoms with Gasteiger partial charge in [-0.1, -0.05) is 20.8 Å². The summed E-state index contributed by atoms with van der Waals surface area (Å²) in [5.74, 6) is -0.208. The number of aryl methyl sites for hydroxylation is 1. The number of halogens is 1. The largest absolute Gasteiger partial charge is 0.258 e. The zero-order valence-corrected chi connectivity index (χ0v) is 7.26. The van der Waals surface area contributed by atoms with Gasteiger partial charge < -0.3 is 0 Å². The molecule has 2 heteroatoms.